The van der Waals surface area contributed by atoms with Gasteiger partial charge in [-0.05, 0) is 44.2 Å². The fraction of sp³-hybridized carbons (Fsp3) is 0.476. The van der Waals surface area contributed by atoms with E-state index in [9.17, 15) is 9.59 Å². The molecule has 0 aliphatic carbocycles. The quantitative estimate of drug-likeness (QED) is 0.794. The number of rotatable bonds is 2. The van der Waals surface area contributed by atoms with E-state index >= 15 is 0 Å². The molecule has 1 aromatic heterocycles. The Kier molecular flexibility index (Phi) is 4.93. The molecule has 2 saturated heterocycles. The van der Waals surface area contributed by atoms with Crippen LogP contribution in [-0.4, -0.2) is 81.9 Å². The first-order chi connectivity index (χ1) is 13.5. The van der Waals surface area contributed by atoms with E-state index < -0.39 is 0 Å². The number of hydrogen-bond donors (Lipinski definition) is 0. The largest absolute Gasteiger partial charge is 0.346 e. The topological polar surface area (TPSA) is 61.7 Å². The van der Waals surface area contributed by atoms with E-state index in [1.165, 1.54) is 0 Å². The summed E-state index contributed by atoms with van der Waals surface area (Å²) in [5.41, 5.74) is 1.56. The normalized spacial score (nSPS) is 23.9. The zero-order valence-corrected chi connectivity index (χ0v) is 16.5. The molecule has 2 aliphatic heterocycles. The molecule has 0 N–H and O–H groups in total. The lowest BCUT2D eigenvalue weighted by Gasteiger charge is -2.49. The average Bonchev–Trinajstić information content (AvgIpc) is 3.22. The molecule has 3 heterocycles. The van der Waals surface area contributed by atoms with Crippen LogP contribution in [0.4, 0.5) is 0 Å². The third-order valence-electron chi connectivity index (χ3n) is 6.35. The minimum absolute atomic E-state index is 0.0635. The minimum Gasteiger partial charge on any atom is -0.346 e. The third kappa shape index (κ3) is 3.42. The van der Waals surface area contributed by atoms with Crippen LogP contribution in [0.15, 0.2) is 43.0 Å². The Labute approximate surface area is 165 Å². The number of carbonyl (C=O) groups is 2. The summed E-state index contributed by atoms with van der Waals surface area (Å²) in [5, 5.41) is 0. The van der Waals surface area contributed by atoms with Gasteiger partial charge in [0.2, 0.25) is 5.91 Å². The van der Waals surface area contributed by atoms with Gasteiger partial charge >= 0.3 is 0 Å². The molecule has 148 valence electrons. The first-order valence-electron chi connectivity index (χ1n) is 9.81. The Morgan fingerprint density at radius 1 is 1.07 bits per heavy atom. The van der Waals surface area contributed by atoms with Crippen molar-refractivity contribution in [3.63, 3.8) is 0 Å². The molecule has 2 aliphatic rings. The number of aromatic nitrogens is 2. The van der Waals surface area contributed by atoms with Crippen LogP contribution in [0, 0.1) is 0 Å². The Bertz CT molecular complexity index is 848. The molecule has 0 saturated carbocycles. The minimum atomic E-state index is -0.120. The van der Waals surface area contributed by atoms with E-state index in [1.807, 2.05) is 51.9 Å². The highest BCUT2D eigenvalue weighted by molar-refractivity contribution is 5.94. The number of piperazine rings is 1. The molecule has 7 heteroatoms. The molecule has 2 fully saturated rings. The van der Waals surface area contributed by atoms with Crippen LogP contribution in [0.25, 0.3) is 5.69 Å². The van der Waals surface area contributed by atoms with Gasteiger partial charge in [0.25, 0.3) is 5.91 Å². The number of likely N-dealkylation sites (tertiary alicyclic amines) is 1. The molecule has 1 atom stereocenters. The lowest BCUT2D eigenvalue weighted by Crippen LogP contribution is -2.62. The molecule has 7 nitrogen and oxygen atoms in total. The van der Waals surface area contributed by atoms with Crippen LogP contribution < -0.4 is 0 Å². The number of likely N-dealkylation sites (N-methyl/N-ethyl adjacent to an activating group) is 1. The molecule has 0 radical (unpaired) electrons. The van der Waals surface area contributed by atoms with Gasteiger partial charge in [-0.1, -0.05) is 0 Å². The van der Waals surface area contributed by atoms with E-state index in [0.717, 1.165) is 31.6 Å². The highest BCUT2D eigenvalue weighted by Crippen LogP contribution is 2.32. The molecule has 2 amide bonds. The van der Waals surface area contributed by atoms with Crippen molar-refractivity contribution in [1.82, 2.24) is 24.3 Å². The Balaban J connectivity index is 1.51. The van der Waals surface area contributed by atoms with Gasteiger partial charge in [-0.2, -0.15) is 0 Å². The highest BCUT2D eigenvalue weighted by Gasteiger charge is 2.43. The number of amides is 2. The van der Waals surface area contributed by atoms with Gasteiger partial charge in [-0.3, -0.25) is 14.5 Å². The molecular weight excluding hydrogens is 354 g/mol. The number of nitrogens with zero attached hydrogens (tertiary/aromatic N) is 5. The van der Waals surface area contributed by atoms with Crippen molar-refractivity contribution in [3.05, 3.63) is 48.5 Å². The zero-order chi connectivity index (χ0) is 19.7. The van der Waals surface area contributed by atoms with Gasteiger partial charge in [0.15, 0.2) is 0 Å². The number of carbonyl (C=O) groups excluding carboxylic acids is 2. The Hall–Kier alpha value is -2.67. The third-order valence-corrected chi connectivity index (χ3v) is 6.35. The first kappa shape index (κ1) is 18.7. The predicted octanol–water partition coefficient (Wildman–Crippen LogP) is 1.64. The fourth-order valence-corrected chi connectivity index (χ4v) is 4.30. The van der Waals surface area contributed by atoms with Gasteiger partial charge in [0.05, 0.1) is 6.33 Å². The van der Waals surface area contributed by atoms with E-state index in [0.29, 0.717) is 25.1 Å². The molecule has 0 bridgehead atoms. The summed E-state index contributed by atoms with van der Waals surface area (Å²) in [6, 6.07) is 7.65. The summed E-state index contributed by atoms with van der Waals surface area (Å²) < 4.78 is 1.91. The number of hydrogen-bond acceptors (Lipinski definition) is 4. The maximum absolute atomic E-state index is 13.2. The van der Waals surface area contributed by atoms with Crippen LogP contribution in [-0.2, 0) is 4.79 Å². The van der Waals surface area contributed by atoms with Gasteiger partial charge < -0.3 is 14.4 Å². The van der Waals surface area contributed by atoms with Crippen molar-refractivity contribution < 1.29 is 9.59 Å². The SMILES string of the molecule is CN1CC[C@]2(CCC1=O)CN(C(=O)c1ccc(-n3ccnc3)cc1)CCN2C. The lowest BCUT2D eigenvalue weighted by atomic mass is 9.86. The van der Waals surface area contributed by atoms with Crippen molar-refractivity contribution in [2.75, 3.05) is 40.3 Å². The van der Waals surface area contributed by atoms with Crippen molar-refractivity contribution in [3.8, 4) is 5.69 Å². The van der Waals surface area contributed by atoms with Crippen LogP contribution in [0.3, 0.4) is 0 Å². The van der Waals surface area contributed by atoms with Crippen LogP contribution in [0.2, 0.25) is 0 Å². The maximum atomic E-state index is 13.2. The summed E-state index contributed by atoms with van der Waals surface area (Å²) in [7, 11) is 3.99. The first-order valence-corrected chi connectivity index (χ1v) is 9.81. The van der Waals surface area contributed by atoms with Gasteiger partial charge in [-0.15, -0.1) is 0 Å². The van der Waals surface area contributed by atoms with E-state index in [-0.39, 0.29) is 17.4 Å². The fourth-order valence-electron chi connectivity index (χ4n) is 4.30. The summed E-state index contributed by atoms with van der Waals surface area (Å²) in [6.45, 7) is 2.96. The second kappa shape index (κ2) is 7.39. The summed E-state index contributed by atoms with van der Waals surface area (Å²) >= 11 is 0. The second-order valence-corrected chi connectivity index (χ2v) is 7.95. The van der Waals surface area contributed by atoms with Crippen molar-refractivity contribution >= 4 is 11.8 Å². The molecule has 1 spiro atoms. The van der Waals surface area contributed by atoms with Gasteiger partial charge in [-0.25, -0.2) is 4.98 Å². The van der Waals surface area contributed by atoms with E-state index in [1.54, 1.807) is 12.5 Å². The Morgan fingerprint density at radius 3 is 2.57 bits per heavy atom. The molecule has 1 aromatic carbocycles. The monoisotopic (exact) mass is 381 g/mol. The molecular formula is C21H27N5O2. The summed E-state index contributed by atoms with van der Waals surface area (Å²) in [4.78, 5) is 35.5. The van der Waals surface area contributed by atoms with Gasteiger partial charge in [0.1, 0.15) is 0 Å². The van der Waals surface area contributed by atoms with Gasteiger partial charge in [0, 0.05) is 68.8 Å². The van der Waals surface area contributed by atoms with Crippen LogP contribution >= 0.6 is 0 Å². The predicted molar refractivity (Wildman–Crippen MR) is 106 cm³/mol. The molecule has 4 rings (SSSR count). The summed E-state index contributed by atoms with van der Waals surface area (Å²) in [6.07, 6.45) is 7.60. The summed E-state index contributed by atoms with van der Waals surface area (Å²) in [5.74, 6) is 0.261. The second-order valence-electron chi connectivity index (χ2n) is 7.95. The maximum Gasteiger partial charge on any atom is 0.253 e. The van der Waals surface area contributed by atoms with E-state index in [2.05, 4.69) is 16.9 Å². The lowest BCUT2D eigenvalue weighted by molar-refractivity contribution is -0.129. The number of imidazole rings is 1. The standard InChI is InChI=1S/C21H27N5O2/c1-23-11-9-21(8-7-19(23)27)15-25(14-13-24(21)2)20(28)17-3-5-18(6-4-17)26-12-10-22-16-26/h3-6,10,12,16H,7-9,11,13-15H2,1-2H3/t21-/m1/s1. The molecule has 0 unspecified atom stereocenters. The molecule has 2 aromatic rings. The van der Waals surface area contributed by atoms with Crippen molar-refractivity contribution in [2.45, 2.75) is 24.8 Å². The molecule has 28 heavy (non-hydrogen) atoms. The highest BCUT2D eigenvalue weighted by atomic mass is 16.2. The smallest absolute Gasteiger partial charge is 0.253 e. The Morgan fingerprint density at radius 2 is 1.86 bits per heavy atom. The average molecular weight is 381 g/mol. The van der Waals surface area contributed by atoms with Crippen molar-refractivity contribution in [2.24, 2.45) is 0 Å². The van der Waals surface area contributed by atoms with Crippen LogP contribution in [0.1, 0.15) is 29.6 Å². The van der Waals surface area contributed by atoms with E-state index in [4.69, 9.17) is 0 Å². The van der Waals surface area contributed by atoms with Crippen molar-refractivity contribution in [1.29, 1.82) is 0 Å². The number of benzene rings is 1. The van der Waals surface area contributed by atoms with Crippen LogP contribution in [0.5, 0.6) is 0 Å². The zero-order valence-electron chi connectivity index (χ0n) is 16.5.